The molecule has 2 amide bonds. The van der Waals surface area contributed by atoms with Gasteiger partial charge in [-0.15, -0.1) is 0 Å². The van der Waals surface area contributed by atoms with Crippen LogP contribution >= 0.6 is 23.2 Å². The predicted octanol–water partition coefficient (Wildman–Crippen LogP) is 9.36. The van der Waals surface area contributed by atoms with Crippen LogP contribution in [-0.2, 0) is 43.3 Å². The van der Waals surface area contributed by atoms with Crippen molar-refractivity contribution < 1.29 is 34.1 Å². The number of benzene rings is 4. The van der Waals surface area contributed by atoms with Crippen molar-refractivity contribution in [3.8, 4) is 0 Å². The lowest BCUT2D eigenvalue weighted by Gasteiger charge is -2.34. The summed E-state index contributed by atoms with van der Waals surface area (Å²) in [6.45, 7) is 13.9. The molecule has 4 aromatic heterocycles. The molecular formula is C58H66Cl2N10O9. The molecule has 0 aliphatic carbocycles. The van der Waals surface area contributed by atoms with Crippen molar-refractivity contribution in [1.82, 2.24) is 38.9 Å². The molecule has 2 atom stereocenters. The van der Waals surface area contributed by atoms with Gasteiger partial charge in [0.05, 0.1) is 36.3 Å². The van der Waals surface area contributed by atoms with E-state index >= 15 is 0 Å². The van der Waals surface area contributed by atoms with E-state index in [-0.39, 0.29) is 35.4 Å². The van der Waals surface area contributed by atoms with Crippen LogP contribution in [0.4, 0.5) is 21.5 Å². The molecule has 8 aromatic rings. The molecule has 2 aliphatic rings. The number of halogens is 2. The molecule has 0 saturated carbocycles. The van der Waals surface area contributed by atoms with Crippen LogP contribution in [-0.4, -0.2) is 106 Å². The van der Waals surface area contributed by atoms with Crippen LogP contribution in [0.25, 0.3) is 43.9 Å². The monoisotopic (exact) mass is 1120 g/mol. The van der Waals surface area contributed by atoms with Crippen LogP contribution in [0.5, 0.6) is 0 Å². The molecule has 0 radical (unpaired) electrons. The maximum absolute atomic E-state index is 13.8. The fourth-order valence-corrected chi connectivity index (χ4v) is 10.8. The van der Waals surface area contributed by atoms with Crippen LogP contribution in [0, 0.1) is 0 Å². The first-order chi connectivity index (χ1) is 37.5. The number of piperidine rings is 2. The Morgan fingerprint density at radius 2 is 1.08 bits per heavy atom. The van der Waals surface area contributed by atoms with Crippen LogP contribution in [0.1, 0.15) is 94.3 Å². The number of aromatic nitrogens is 6. The highest BCUT2D eigenvalue weighted by Gasteiger charge is 2.32. The minimum atomic E-state index is -1.07. The third kappa shape index (κ3) is 12.2. The number of carboxylic acids is 1. The Morgan fingerprint density at radius 1 is 0.646 bits per heavy atom. The Bertz CT molecular complexity index is 3780. The number of carbonyl (C=O) groups excluding carboxylic acids is 2. The van der Waals surface area contributed by atoms with E-state index in [1.54, 1.807) is 30.8 Å². The lowest BCUT2D eigenvalue weighted by Crippen LogP contribution is -2.49. The van der Waals surface area contributed by atoms with Crippen molar-refractivity contribution in [3.63, 3.8) is 0 Å². The summed E-state index contributed by atoms with van der Waals surface area (Å²) in [4.78, 5) is 78.4. The summed E-state index contributed by atoms with van der Waals surface area (Å²) < 4.78 is 17.8. The average molecular weight is 1120 g/mol. The number of aryl methyl sites for hydroxylation is 2. The molecule has 0 bridgehead atoms. The molecule has 0 spiro atoms. The number of ether oxygens (including phenoxy) is 2. The smallest absolute Gasteiger partial charge is 0.407 e. The molecular weight excluding hydrogens is 1050 g/mol. The normalized spacial score (nSPS) is 16.0. The van der Waals surface area contributed by atoms with Gasteiger partial charge >= 0.3 is 18.2 Å². The van der Waals surface area contributed by atoms with E-state index in [0.29, 0.717) is 93.2 Å². The van der Waals surface area contributed by atoms with E-state index in [4.69, 9.17) is 42.6 Å². The Hall–Kier alpha value is -7.61. The van der Waals surface area contributed by atoms with E-state index < -0.39 is 29.4 Å². The second kappa shape index (κ2) is 22.6. The lowest BCUT2D eigenvalue weighted by molar-refractivity contribution is 0.0488. The average Bonchev–Trinajstić information content (AvgIpc) is 3.65. The van der Waals surface area contributed by atoms with Crippen molar-refractivity contribution in [2.24, 2.45) is 14.1 Å². The highest BCUT2D eigenvalue weighted by Crippen LogP contribution is 2.33. The number of alkyl carbamates (subject to hydrolysis) is 2. The number of imidazole rings is 2. The van der Waals surface area contributed by atoms with Gasteiger partial charge in [0.1, 0.15) is 33.3 Å². The summed E-state index contributed by atoms with van der Waals surface area (Å²) in [7, 11) is 3.36. The molecule has 2 fully saturated rings. The molecule has 10 rings (SSSR count). The quantitative estimate of drug-likeness (QED) is 0.100. The van der Waals surface area contributed by atoms with Gasteiger partial charge in [-0.3, -0.25) is 9.59 Å². The van der Waals surface area contributed by atoms with Gasteiger partial charge in [0.15, 0.2) is 0 Å². The van der Waals surface area contributed by atoms with Gasteiger partial charge in [-0.05, 0) is 120 Å². The first-order valence-electron chi connectivity index (χ1n) is 26.3. The van der Waals surface area contributed by atoms with Crippen molar-refractivity contribution in [2.75, 3.05) is 36.0 Å². The zero-order chi connectivity index (χ0) is 56.7. The molecule has 2 saturated heterocycles. The number of nitrogens with zero attached hydrogens (tertiary/aromatic N) is 8. The standard InChI is InChI=1S/C29H32ClN5O5.C29H34ClN5O4/c1-29(2,3)40-28(39)31-19-9-7-13-34(16-19)27-32-23-20-12-11-17(26(37)38)14-22(20)33(4)25(36)24(23)35(27)15-18-8-5-6-10-21(18)30;1-29(2,3)39-28(38)31-20-9-7-13-34(16-20)27-32-24-21-12-11-18(17-36)14-23(21)33(4)26(37)25(24)35(27)15-19-8-5-6-10-22(19)30/h5-6,8,10-12,14,19H,7,9,13,15-16H2,1-4H3,(H,31,39)(H,37,38);5-6,8,10-12,14,20,36H,7,9,13,15-17H2,1-4H3,(H,31,38)/t19-;20-/m11/s1. The Balaban J connectivity index is 0.000000192. The molecule has 2 aliphatic heterocycles. The van der Waals surface area contributed by atoms with E-state index in [1.807, 2.05) is 111 Å². The number of rotatable bonds is 10. The molecule has 6 heterocycles. The van der Waals surface area contributed by atoms with Gasteiger partial charge in [0, 0.05) is 73.2 Å². The number of aliphatic hydroxyl groups is 1. The van der Waals surface area contributed by atoms with Crippen LogP contribution < -0.4 is 31.6 Å². The topological polar surface area (TPSA) is 220 Å². The summed E-state index contributed by atoms with van der Waals surface area (Å²) in [6, 6.07) is 25.0. The minimum Gasteiger partial charge on any atom is -0.478 e. The number of aromatic carboxylic acids is 1. The summed E-state index contributed by atoms with van der Waals surface area (Å²) >= 11 is 13.1. The minimum absolute atomic E-state index is 0.0877. The van der Waals surface area contributed by atoms with Gasteiger partial charge < -0.3 is 58.4 Å². The zero-order valence-electron chi connectivity index (χ0n) is 45.6. The third-order valence-corrected chi connectivity index (χ3v) is 14.8. The van der Waals surface area contributed by atoms with Crippen molar-refractivity contribution in [1.29, 1.82) is 0 Å². The maximum atomic E-state index is 13.8. The third-order valence-electron chi connectivity index (χ3n) is 14.1. The molecule has 4 N–H and O–H groups in total. The maximum Gasteiger partial charge on any atom is 0.407 e. The van der Waals surface area contributed by atoms with Gasteiger partial charge in [-0.25, -0.2) is 24.4 Å². The molecule has 19 nitrogen and oxygen atoms in total. The summed E-state index contributed by atoms with van der Waals surface area (Å²) in [5, 5.41) is 27.8. The first kappa shape index (κ1) is 56.1. The fourth-order valence-electron chi connectivity index (χ4n) is 10.4. The number of amides is 2. The van der Waals surface area contributed by atoms with Crippen LogP contribution in [0.2, 0.25) is 10.0 Å². The molecule has 21 heteroatoms. The number of fused-ring (bicyclic) bond motifs is 6. The van der Waals surface area contributed by atoms with E-state index in [1.165, 1.54) is 16.7 Å². The molecule has 79 heavy (non-hydrogen) atoms. The number of nitrogens with one attached hydrogen (secondary N) is 2. The Kier molecular flexibility index (Phi) is 16.1. The highest BCUT2D eigenvalue weighted by molar-refractivity contribution is 6.31. The number of carbonyl (C=O) groups is 3. The van der Waals surface area contributed by atoms with Crippen molar-refractivity contribution in [2.45, 2.75) is 110 Å². The Labute approximate surface area is 466 Å². The van der Waals surface area contributed by atoms with Crippen molar-refractivity contribution in [3.05, 3.63) is 138 Å². The van der Waals surface area contributed by atoms with E-state index in [2.05, 4.69) is 20.4 Å². The van der Waals surface area contributed by atoms with Crippen molar-refractivity contribution >= 4 is 97.1 Å². The predicted molar refractivity (Wildman–Crippen MR) is 308 cm³/mol. The van der Waals surface area contributed by atoms with Crippen LogP contribution in [0.3, 0.4) is 0 Å². The number of hydrogen-bond acceptors (Lipinski definition) is 12. The Morgan fingerprint density at radius 3 is 1.49 bits per heavy atom. The van der Waals surface area contributed by atoms with E-state index in [9.17, 15) is 34.2 Å². The number of aliphatic hydroxyl groups excluding tert-OH is 1. The SMILES string of the molecule is Cn1c(=O)c2c(nc(N3CCC[C@@H](NC(=O)OC(C)(C)C)C3)n2Cc2ccccc2Cl)c2ccc(C(=O)O)cc21.Cn1c(=O)c2c(nc(N3CCC[C@@H](NC(=O)OC(C)(C)C)C3)n2Cc2ccccc2Cl)c2ccc(CO)cc21. The fraction of sp³-hybridized carbons (Fsp3) is 0.397. The van der Waals surface area contributed by atoms with Crippen LogP contribution in [0.15, 0.2) is 94.5 Å². The number of pyridine rings is 2. The highest BCUT2D eigenvalue weighted by atomic mass is 35.5. The van der Waals surface area contributed by atoms with Gasteiger partial charge in [-0.2, -0.15) is 0 Å². The van der Waals surface area contributed by atoms with Gasteiger partial charge in [0.2, 0.25) is 11.9 Å². The summed E-state index contributed by atoms with van der Waals surface area (Å²) in [5.41, 5.74) is 3.99. The van der Waals surface area contributed by atoms with E-state index in [0.717, 1.165) is 54.3 Å². The number of anilines is 2. The second-order valence-corrected chi connectivity index (χ2v) is 23.0. The summed E-state index contributed by atoms with van der Waals surface area (Å²) in [5.74, 6) is 0.158. The van der Waals surface area contributed by atoms with Gasteiger partial charge in [-0.1, -0.05) is 71.7 Å². The molecule has 4 aromatic carbocycles. The number of carboxylic acid groups (broad SMARTS) is 1. The largest absolute Gasteiger partial charge is 0.478 e. The second-order valence-electron chi connectivity index (χ2n) is 22.2. The van der Waals surface area contributed by atoms with Gasteiger partial charge in [0.25, 0.3) is 11.1 Å². The lowest BCUT2D eigenvalue weighted by atomic mass is 10.1. The molecule has 416 valence electrons. The number of hydrogen-bond donors (Lipinski definition) is 4. The zero-order valence-corrected chi connectivity index (χ0v) is 47.1. The summed E-state index contributed by atoms with van der Waals surface area (Å²) in [6.07, 6.45) is 2.32. The first-order valence-corrected chi connectivity index (χ1v) is 27.1. The molecule has 0 unspecified atom stereocenters.